The molecule has 128 valence electrons. The highest BCUT2D eigenvalue weighted by molar-refractivity contribution is 5.93. The molecule has 0 saturated heterocycles. The molecule has 0 unspecified atom stereocenters. The van der Waals surface area contributed by atoms with Gasteiger partial charge in [0.2, 0.25) is 5.95 Å². The molecule has 1 heterocycles. The summed E-state index contributed by atoms with van der Waals surface area (Å²) in [7, 11) is 1.65. The van der Waals surface area contributed by atoms with E-state index in [1.807, 2.05) is 24.3 Å². The first-order chi connectivity index (χ1) is 11.7. The third kappa shape index (κ3) is 5.53. The largest absolute Gasteiger partial charge is 0.497 e. The summed E-state index contributed by atoms with van der Waals surface area (Å²) in [6, 6.07) is 7.95. The minimum absolute atomic E-state index is 0.131. The van der Waals surface area contributed by atoms with Crippen LogP contribution in [0.15, 0.2) is 36.7 Å². The Morgan fingerprint density at radius 1 is 1.12 bits per heavy atom. The monoisotopic (exact) mass is 328 g/mol. The van der Waals surface area contributed by atoms with Crippen LogP contribution >= 0.6 is 0 Å². The molecular formula is C18H24N4O2. The highest BCUT2D eigenvalue weighted by Gasteiger charge is 2.06. The Morgan fingerprint density at radius 3 is 2.46 bits per heavy atom. The maximum absolute atomic E-state index is 11.9. The van der Waals surface area contributed by atoms with E-state index in [0.29, 0.717) is 24.6 Å². The third-order valence-electron chi connectivity index (χ3n) is 3.59. The van der Waals surface area contributed by atoms with Crippen LogP contribution in [0, 0.1) is 0 Å². The van der Waals surface area contributed by atoms with Crippen molar-refractivity contribution in [1.82, 2.24) is 15.3 Å². The Labute approximate surface area is 142 Å². The van der Waals surface area contributed by atoms with Crippen molar-refractivity contribution in [3.63, 3.8) is 0 Å². The predicted molar refractivity (Wildman–Crippen MR) is 94.5 cm³/mol. The van der Waals surface area contributed by atoms with E-state index in [2.05, 4.69) is 27.5 Å². The van der Waals surface area contributed by atoms with Gasteiger partial charge in [-0.3, -0.25) is 4.79 Å². The van der Waals surface area contributed by atoms with Gasteiger partial charge in [0.15, 0.2) is 0 Å². The Morgan fingerprint density at radius 2 is 1.83 bits per heavy atom. The van der Waals surface area contributed by atoms with Crippen LogP contribution in [-0.4, -0.2) is 36.1 Å². The van der Waals surface area contributed by atoms with E-state index in [0.717, 1.165) is 25.0 Å². The molecule has 0 spiro atoms. The van der Waals surface area contributed by atoms with Crippen LogP contribution in [0.25, 0.3) is 0 Å². The quantitative estimate of drug-likeness (QED) is 0.692. The number of carbonyl (C=O) groups excluding carboxylic acids is 1. The molecule has 0 atom stereocenters. The number of methoxy groups -OCH3 is 1. The summed E-state index contributed by atoms with van der Waals surface area (Å²) in [6.07, 6.45) is 5.96. The molecule has 0 fully saturated rings. The van der Waals surface area contributed by atoms with E-state index < -0.39 is 0 Å². The number of hydrogen-bond acceptors (Lipinski definition) is 5. The topological polar surface area (TPSA) is 76.1 Å². The van der Waals surface area contributed by atoms with Gasteiger partial charge < -0.3 is 15.4 Å². The summed E-state index contributed by atoms with van der Waals surface area (Å²) in [5.74, 6) is 1.24. The highest BCUT2D eigenvalue weighted by atomic mass is 16.5. The minimum Gasteiger partial charge on any atom is -0.497 e. The van der Waals surface area contributed by atoms with Gasteiger partial charge >= 0.3 is 0 Å². The number of rotatable bonds is 9. The van der Waals surface area contributed by atoms with Crippen molar-refractivity contribution in [3.8, 4) is 5.75 Å². The van der Waals surface area contributed by atoms with Gasteiger partial charge in [-0.2, -0.15) is 0 Å². The van der Waals surface area contributed by atoms with Crippen molar-refractivity contribution in [1.29, 1.82) is 0 Å². The summed E-state index contributed by atoms with van der Waals surface area (Å²) in [5.41, 5.74) is 1.68. The van der Waals surface area contributed by atoms with Gasteiger partial charge in [0, 0.05) is 25.5 Å². The van der Waals surface area contributed by atoms with Crippen LogP contribution in [0.1, 0.15) is 35.7 Å². The summed E-state index contributed by atoms with van der Waals surface area (Å²) in [6.45, 7) is 3.48. The minimum atomic E-state index is -0.131. The van der Waals surface area contributed by atoms with Crippen molar-refractivity contribution in [2.45, 2.75) is 26.2 Å². The second-order valence-corrected chi connectivity index (χ2v) is 5.43. The van der Waals surface area contributed by atoms with Crippen LogP contribution in [0.5, 0.6) is 5.75 Å². The van der Waals surface area contributed by atoms with Crippen molar-refractivity contribution < 1.29 is 9.53 Å². The lowest BCUT2D eigenvalue weighted by Gasteiger charge is -2.07. The molecule has 2 rings (SSSR count). The lowest BCUT2D eigenvalue weighted by atomic mass is 10.1. The lowest BCUT2D eigenvalue weighted by molar-refractivity contribution is 0.0952. The number of carbonyl (C=O) groups is 1. The number of benzene rings is 1. The number of hydrogen-bond donors (Lipinski definition) is 2. The molecule has 2 aromatic rings. The van der Waals surface area contributed by atoms with Crippen LogP contribution in [0.4, 0.5) is 5.95 Å². The molecule has 2 N–H and O–H groups in total. The Bertz CT molecular complexity index is 626. The highest BCUT2D eigenvalue weighted by Crippen LogP contribution is 2.11. The summed E-state index contributed by atoms with van der Waals surface area (Å²) < 4.78 is 5.14. The fourth-order valence-electron chi connectivity index (χ4n) is 2.13. The van der Waals surface area contributed by atoms with Crippen LogP contribution in [0.3, 0.4) is 0 Å². The Kier molecular flexibility index (Phi) is 7.01. The van der Waals surface area contributed by atoms with Gasteiger partial charge in [-0.25, -0.2) is 9.97 Å². The van der Waals surface area contributed by atoms with Gasteiger partial charge in [0.05, 0.1) is 12.7 Å². The molecule has 0 radical (unpaired) electrons. The first kappa shape index (κ1) is 17.7. The SMILES string of the molecule is CCCCNC(=O)c1cnc(NCCc2ccc(OC)cc2)nc1. The number of anilines is 1. The van der Waals surface area contributed by atoms with Crippen LogP contribution < -0.4 is 15.4 Å². The molecule has 0 aliphatic rings. The van der Waals surface area contributed by atoms with Gasteiger partial charge in [0.25, 0.3) is 5.91 Å². The number of nitrogens with zero attached hydrogens (tertiary/aromatic N) is 2. The van der Waals surface area contributed by atoms with Crippen molar-refractivity contribution >= 4 is 11.9 Å². The zero-order chi connectivity index (χ0) is 17.2. The normalized spacial score (nSPS) is 10.2. The molecule has 1 aromatic carbocycles. The van der Waals surface area contributed by atoms with Gasteiger partial charge in [-0.1, -0.05) is 25.5 Å². The van der Waals surface area contributed by atoms with Gasteiger partial charge in [-0.15, -0.1) is 0 Å². The van der Waals surface area contributed by atoms with E-state index in [-0.39, 0.29) is 5.91 Å². The van der Waals surface area contributed by atoms with Gasteiger partial charge in [-0.05, 0) is 30.5 Å². The van der Waals surface area contributed by atoms with Crippen molar-refractivity contribution in [3.05, 3.63) is 47.8 Å². The fraction of sp³-hybridized carbons (Fsp3) is 0.389. The standard InChI is InChI=1S/C18H24N4O2/c1-3-4-10-19-17(23)15-12-21-18(22-13-15)20-11-9-14-5-7-16(24-2)8-6-14/h5-8,12-13H,3-4,9-11H2,1-2H3,(H,19,23)(H,20,21,22). The molecule has 0 saturated carbocycles. The zero-order valence-corrected chi connectivity index (χ0v) is 14.2. The van der Waals surface area contributed by atoms with Gasteiger partial charge in [0.1, 0.15) is 5.75 Å². The van der Waals surface area contributed by atoms with Crippen LogP contribution in [-0.2, 0) is 6.42 Å². The molecule has 24 heavy (non-hydrogen) atoms. The fourth-order valence-corrected chi connectivity index (χ4v) is 2.13. The summed E-state index contributed by atoms with van der Waals surface area (Å²) >= 11 is 0. The maximum Gasteiger partial charge on any atom is 0.254 e. The van der Waals surface area contributed by atoms with Crippen molar-refractivity contribution in [2.75, 3.05) is 25.5 Å². The average molecular weight is 328 g/mol. The number of unbranched alkanes of at least 4 members (excludes halogenated alkanes) is 1. The Balaban J connectivity index is 1.77. The first-order valence-electron chi connectivity index (χ1n) is 8.20. The van der Waals surface area contributed by atoms with Crippen LogP contribution in [0.2, 0.25) is 0 Å². The molecule has 6 nitrogen and oxygen atoms in total. The second-order valence-electron chi connectivity index (χ2n) is 5.43. The van der Waals surface area contributed by atoms with Crippen molar-refractivity contribution in [2.24, 2.45) is 0 Å². The predicted octanol–water partition coefficient (Wildman–Crippen LogP) is 2.67. The summed E-state index contributed by atoms with van der Waals surface area (Å²) in [4.78, 5) is 20.2. The average Bonchev–Trinajstić information content (AvgIpc) is 2.63. The molecule has 0 aliphatic heterocycles. The molecular weight excluding hydrogens is 304 g/mol. The van der Waals surface area contributed by atoms with E-state index in [9.17, 15) is 4.79 Å². The molecule has 0 bridgehead atoms. The number of aromatic nitrogens is 2. The number of ether oxygens (including phenoxy) is 1. The van der Waals surface area contributed by atoms with E-state index in [4.69, 9.17) is 4.74 Å². The van der Waals surface area contributed by atoms with E-state index >= 15 is 0 Å². The molecule has 0 aliphatic carbocycles. The first-order valence-corrected chi connectivity index (χ1v) is 8.20. The second kappa shape index (κ2) is 9.50. The summed E-state index contributed by atoms with van der Waals surface area (Å²) in [5, 5.41) is 6.00. The number of nitrogens with one attached hydrogen (secondary N) is 2. The maximum atomic E-state index is 11.9. The third-order valence-corrected chi connectivity index (χ3v) is 3.59. The van der Waals surface area contributed by atoms with E-state index in [1.165, 1.54) is 5.56 Å². The molecule has 6 heteroatoms. The number of amides is 1. The zero-order valence-electron chi connectivity index (χ0n) is 14.2. The Hall–Kier alpha value is -2.63. The lowest BCUT2D eigenvalue weighted by Crippen LogP contribution is -2.24. The molecule has 1 aromatic heterocycles. The smallest absolute Gasteiger partial charge is 0.254 e. The molecule has 1 amide bonds. The van der Waals surface area contributed by atoms with E-state index in [1.54, 1.807) is 19.5 Å².